The summed E-state index contributed by atoms with van der Waals surface area (Å²) in [4.78, 5) is 14.6. The maximum Gasteiger partial charge on any atom is 0.276 e. The number of aromatic amines is 1. The summed E-state index contributed by atoms with van der Waals surface area (Å²) >= 11 is 0. The molecule has 10 heteroatoms. The number of carbonyl (C=O) groups excluding carboxylic acids is 1. The third-order valence-electron chi connectivity index (χ3n) is 6.17. The van der Waals surface area contributed by atoms with Gasteiger partial charge >= 0.3 is 0 Å². The van der Waals surface area contributed by atoms with Crippen LogP contribution in [0.2, 0.25) is 0 Å². The number of rotatable bonds is 3. The molecule has 2 aromatic rings. The number of hydrogen-bond acceptors (Lipinski definition) is 6. The van der Waals surface area contributed by atoms with Crippen molar-refractivity contribution in [3.05, 3.63) is 36.2 Å². The number of benzene rings is 1. The van der Waals surface area contributed by atoms with Gasteiger partial charge in [-0.25, -0.2) is 8.42 Å². The van der Waals surface area contributed by atoms with E-state index in [-0.39, 0.29) is 34.7 Å². The van der Waals surface area contributed by atoms with Gasteiger partial charge in [-0.15, -0.1) is 0 Å². The van der Waals surface area contributed by atoms with Gasteiger partial charge in [-0.05, 0) is 42.9 Å². The molecular weight excluding hydrogens is 368 g/mol. The smallest absolute Gasteiger partial charge is 0.276 e. The number of sulfonamides is 1. The molecule has 0 saturated carbocycles. The van der Waals surface area contributed by atoms with E-state index in [1.807, 2.05) is 0 Å². The molecule has 4 atom stereocenters. The van der Waals surface area contributed by atoms with E-state index in [2.05, 4.69) is 15.4 Å². The second-order valence-corrected chi connectivity index (χ2v) is 9.36. The van der Waals surface area contributed by atoms with Crippen molar-refractivity contribution >= 4 is 21.6 Å². The Hall–Kier alpha value is -2.46. The summed E-state index contributed by atoms with van der Waals surface area (Å²) in [5.41, 5.74) is 6.52. The molecule has 27 heavy (non-hydrogen) atoms. The average molecular weight is 388 g/mol. The summed E-state index contributed by atoms with van der Waals surface area (Å²) in [7, 11) is -3.60. The van der Waals surface area contributed by atoms with E-state index in [9.17, 15) is 13.2 Å². The summed E-state index contributed by atoms with van der Waals surface area (Å²) < 4.78 is 28.2. The summed E-state index contributed by atoms with van der Waals surface area (Å²) in [5, 5.41) is 10.0. The molecule has 3 fully saturated rings. The van der Waals surface area contributed by atoms with E-state index in [0.717, 1.165) is 12.8 Å². The first-order valence-electron chi connectivity index (χ1n) is 9.01. The first-order chi connectivity index (χ1) is 13.0. The molecule has 142 valence electrons. The summed E-state index contributed by atoms with van der Waals surface area (Å²) in [6.07, 6.45) is 3.08. The van der Waals surface area contributed by atoms with Crippen LogP contribution in [0.1, 0.15) is 23.3 Å². The maximum atomic E-state index is 13.2. The van der Waals surface area contributed by atoms with Crippen LogP contribution in [-0.2, 0) is 10.0 Å². The van der Waals surface area contributed by atoms with E-state index in [0.29, 0.717) is 24.5 Å². The molecule has 3 N–H and O–H groups in total. The van der Waals surface area contributed by atoms with Gasteiger partial charge in [0.1, 0.15) is 0 Å². The minimum atomic E-state index is -3.60. The molecule has 0 spiro atoms. The maximum absolute atomic E-state index is 13.2. The van der Waals surface area contributed by atoms with Crippen LogP contribution >= 0.6 is 0 Å². The highest BCUT2D eigenvalue weighted by Crippen LogP contribution is 2.51. The molecule has 0 aliphatic carbocycles. The Kier molecular flexibility index (Phi) is 3.57. The van der Waals surface area contributed by atoms with Crippen molar-refractivity contribution < 1.29 is 13.2 Å². The minimum absolute atomic E-state index is 0.0680. The Morgan fingerprint density at radius 2 is 1.89 bits per heavy atom. The second kappa shape index (κ2) is 5.77. The lowest BCUT2D eigenvalue weighted by Gasteiger charge is -2.26. The summed E-state index contributed by atoms with van der Waals surface area (Å²) in [5.74, 6) is 0.175. The number of anilines is 1. The first-order valence-corrected chi connectivity index (χ1v) is 10.4. The van der Waals surface area contributed by atoms with E-state index in [1.165, 1.54) is 12.3 Å². The van der Waals surface area contributed by atoms with Gasteiger partial charge in [0.25, 0.3) is 5.91 Å². The zero-order valence-corrected chi connectivity index (χ0v) is 15.3. The van der Waals surface area contributed by atoms with Crippen molar-refractivity contribution in [1.29, 1.82) is 0 Å². The zero-order chi connectivity index (χ0) is 18.8. The lowest BCUT2D eigenvalue weighted by Crippen LogP contribution is -2.41. The number of H-pyrrole nitrogens is 1. The normalized spacial score (nSPS) is 30.0. The van der Waals surface area contributed by atoms with Crippen molar-refractivity contribution in [2.24, 2.45) is 11.8 Å². The fourth-order valence-electron chi connectivity index (χ4n) is 5.10. The van der Waals surface area contributed by atoms with Crippen LogP contribution in [0.4, 0.5) is 5.69 Å². The predicted molar refractivity (Wildman–Crippen MR) is 96.0 cm³/mol. The van der Waals surface area contributed by atoms with Crippen LogP contribution in [0.3, 0.4) is 0 Å². The SMILES string of the molecule is Nc1cccc(S(=O)(=O)N2[C@@H]3CC[C@H]2[C@@H]2CN(C(=O)c4cn[nH]n4)C[C@@H]23)c1. The minimum Gasteiger partial charge on any atom is -0.399 e. The van der Waals surface area contributed by atoms with Gasteiger partial charge in [-0.2, -0.15) is 19.7 Å². The molecule has 1 amide bonds. The molecule has 5 rings (SSSR count). The average Bonchev–Trinajstić information content (AvgIpc) is 3.42. The van der Waals surface area contributed by atoms with Crippen LogP contribution in [-0.4, -0.2) is 64.1 Å². The van der Waals surface area contributed by atoms with Crippen LogP contribution in [0.5, 0.6) is 0 Å². The molecule has 3 saturated heterocycles. The summed E-state index contributed by atoms with van der Waals surface area (Å²) in [6, 6.07) is 6.32. The fraction of sp³-hybridized carbons (Fsp3) is 0.471. The Labute approximate surface area is 156 Å². The van der Waals surface area contributed by atoms with Crippen LogP contribution < -0.4 is 5.73 Å². The van der Waals surface area contributed by atoms with Gasteiger partial charge in [0.05, 0.1) is 11.1 Å². The molecule has 4 heterocycles. The topological polar surface area (TPSA) is 125 Å². The first kappa shape index (κ1) is 16.7. The molecule has 2 bridgehead atoms. The number of nitrogen functional groups attached to an aromatic ring is 1. The van der Waals surface area contributed by atoms with Crippen molar-refractivity contribution in [3.63, 3.8) is 0 Å². The van der Waals surface area contributed by atoms with Gasteiger partial charge in [0.15, 0.2) is 5.69 Å². The molecule has 3 aliphatic heterocycles. The number of nitrogens with one attached hydrogen (secondary N) is 1. The number of likely N-dealkylation sites (tertiary alicyclic amines) is 1. The highest BCUT2D eigenvalue weighted by molar-refractivity contribution is 7.89. The third-order valence-corrected chi connectivity index (χ3v) is 8.11. The zero-order valence-electron chi connectivity index (χ0n) is 14.5. The molecule has 0 unspecified atom stereocenters. The Morgan fingerprint density at radius 1 is 1.19 bits per heavy atom. The van der Waals surface area contributed by atoms with E-state index in [1.54, 1.807) is 27.4 Å². The lowest BCUT2D eigenvalue weighted by atomic mass is 9.82. The molecule has 1 aromatic carbocycles. The largest absolute Gasteiger partial charge is 0.399 e. The Morgan fingerprint density at radius 3 is 2.48 bits per heavy atom. The highest BCUT2D eigenvalue weighted by atomic mass is 32.2. The van der Waals surface area contributed by atoms with Crippen molar-refractivity contribution in [1.82, 2.24) is 24.6 Å². The van der Waals surface area contributed by atoms with Crippen molar-refractivity contribution in [3.8, 4) is 0 Å². The van der Waals surface area contributed by atoms with Gasteiger partial charge < -0.3 is 10.6 Å². The van der Waals surface area contributed by atoms with Crippen molar-refractivity contribution in [2.45, 2.75) is 29.8 Å². The van der Waals surface area contributed by atoms with Gasteiger partial charge in [-0.1, -0.05) is 6.07 Å². The molecule has 0 radical (unpaired) electrons. The van der Waals surface area contributed by atoms with Gasteiger partial charge in [0, 0.05) is 30.9 Å². The second-order valence-electron chi connectivity index (χ2n) is 7.51. The number of nitrogens with two attached hydrogens (primary N) is 1. The van der Waals surface area contributed by atoms with E-state index >= 15 is 0 Å². The van der Waals surface area contributed by atoms with Crippen LogP contribution in [0.25, 0.3) is 0 Å². The predicted octanol–water partition coefficient (Wildman–Crippen LogP) is 0.311. The van der Waals surface area contributed by atoms with Crippen LogP contribution in [0.15, 0.2) is 35.4 Å². The quantitative estimate of drug-likeness (QED) is 0.729. The third kappa shape index (κ3) is 2.39. The monoisotopic (exact) mass is 388 g/mol. The standard InChI is InChI=1S/C17H20N6O3S/c18-10-2-1-3-11(6-10)27(25,26)23-15-4-5-16(23)13-9-22(8-12(13)15)17(24)14-7-19-21-20-14/h1-3,6-7,12-13,15-16H,4-5,8-9,18H2,(H,19,20,21)/t12-,13+,15+,16-. The van der Waals surface area contributed by atoms with Crippen molar-refractivity contribution in [2.75, 3.05) is 18.8 Å². The number of hydrogen-bond donors (Lipinski definition) is 2. The number of carbonyl (C=O) groups is 1. The summed E-state index contributed by atoms with van der Waals surface area (Å²) in [6.45, 7) is 1.11. The highest BCUT2D eigenvalue weighted by Gasteiger charge is 2.60. The fourth-order valence-corrected chi connectivity index (χ4v) is 7.12. The van der Waals surface area contributed by atoms with E-state index < -0.39 is 10.0 Å². The molecule has 9 nitrogen and oxygen atoms in total. The van der Waals surface area contributed by atoms with E-state index in [4.69, 9.17) is 5.73 Å². The number of fused-ring (bicyclic) bond motifs is 5. The number of aromatic nitrogens is 3. The number of amides is 1. The molecular formula is C17H20N6O3S. The number of nitrogens with zero attached hydrogens (tertiary/aromatic N) is 4. The molecule has 1 aromatic heterocycles. The molecule has 3 aliphatic rings. The Bertz CT molecular complexity index is 972. The lowest BCUT2D eigenvalue weighted by molar-refractivity contribution is 0.0767. The van der Waals surface area contributed by atoms with Gasteiger partial charge in [0.2, 0.25) is 10.0 Å². The van der Waals surface area contributed by atoms with Gasteiger partial charge in [-0.3, -0.25) is 4.79 Å². The van der Waals surface area contributed by atoms with Crippen LogP contribution in [0, 0.1) is 11.8 Å². The Balaban J connectivity index is 1.41.